The van der Waals surface area contributed by atoms with Crippen molar-refractivity contribution in [2.24, 2.45) is 0 Å². The topological polar surface area (TPSA) is 0 Å². The van der Waals surface area contributed by atoms with Gasteiger partial charge in [0.1, 0.15) is 0 Å². The molecule has 0 aliphatic carbocycles. The summed E-state index contributed by atoms with van der Waals surface area (Å²) in [5, 5.41) is 0. The highest BCUT2D eigenvalue weighted by Crippen LogP contribution is 2.35. The largest absolute Gasteiger partial charge is 0.204 e. The normalized spacial score (nSPS) is 12.6. The molecular formula is C16H16F2S. The summed E-state index contributed by atoms with van der Waals surface area (Å²) in [5.74, 6) is -0.950. The van der Waals surface area contributed by atoms with Gasteiger partial charge in [0.2, 0.25) is 0 Å². The SMILES string of the molecule is CC.Fc1ccc2c(c1F)CSc1ccccc1C2. The van der Waals surface area contributed by atoms with Crippen LogP contribution >= 0.6 is 11.8 Å². The lowest BCUT2D eigenvalue weighted by atomic mass is 10.0. The summed E-state index contributed by atoms with van der Waals surface area (Å²) in [6, 6.07) is 10.9. The van der Waals surface area contributed by atoms with Gasteiger partial charge in [-0.05, 0) is 29.7 Å². The fourth-order valence-electron chi connectivity index (χ4n) is 2.10. The summed E-state index contributed by atoms with van der Waals surface area (Å²) in [6.07, 6.45) is 0.676. The number of fused-ring (bicyclic) bond motifs is 2. The number of halogens is 2. The number of hydrogen-bond donors (Lipinski definition) is 0. The number of thioether (sulfide) groups is 1. The molecule has 0 bridgehead atoms. The van der Waals surface area contributed by atoms with E-state index in [0.29, 0.717) is 17.7 Å². The van der Waals surface area contributed by atoms with Crippen LogP contribution in [0.15, 0.2) is 41.3 Å². The second kappa shape index (κ2) is 6.20. The molecule has 0 spiro atoms. The summed E-state index contributed by atoms with van der Waals surface area (Å²) < 4.78 is 26.9. The first-order chi connectivity index (χ1) is 9.25. The van der Waals surface area contributed by atoms with E-state index >= 15 is 0 Å². The van der Waals surface area contributed by atoms with E-state index in [-0.39, 0.29) is 0 Å². The second-order valence-electron chi connectivity index (χ2n) is 4.07. The zero-order valence-corrected chi connectivity index (χ0v) is 11.9. The van der Waals surface area contributed by atoms with Crippen molar-refractivity contribution in [1.29, 1.82) is 0 Å². The molecule has 1 heterocycles. The van der Waals surface area contributed by atoms with Gasteiger partial charge < -0.3 is 0 Å². The molecule has 3 heteroatoms. The average Bonchev–Trinajstić information content (AvgIpc) is 2.65. The van der Waals surface area contributed by atoms with Gasteiger partial charge in [0, 0.05) is 16.2 Å². The Bertz CT molecular complexity index is 579. The van der Waals surface area contributed by atoms with Crippen molar-refractivity contribution in [3.05, 3.63) is 64.7 Å². The Morgan fingerprint density at radius 3 is 2.47 bits per heavy atom. The molecule has 0 nitrogen and oxygen atoms in total. The lowest BCUT2D eigenvalue weighted by molar-refractivity contribution is 0.501. The van der Waals surface area contributed by atoms with E-state index in [9.17, 15) is 8.78 Å². The van der Waals surface area contributed by atoms with E-state index in [2.05, 4.69) is 0 Å². The predicted octanol–water partition coefficient (Wildman–Crippen LogP) is 5.19. The average molecular weight is 278 g/mol. The highest BCUT2D eigenvalue weighted by atomic mass is 32.2. The number of benzene rings is 2. The van der Waals surface area contributed by atoms with Gasteiger partial charge >= 0.3 is 0 Å². The minimum atomic E-state index is -0.754. The van der Waals surface area contributed by atoms with Crippen LogP contribution in [0, 0.1) is 11.6 Å². The maximum atomic E-state index is 13.7. The first kappa shape index (κ1) is 14.1. The van der Waals surface area contributed by atoms with Crippen LogP contribution in [0.4, 0.5) is 8.78 Å². The Balaban J connectivity index is 0.000000637. The maximum Gasteiger partial charge on any atom is 0.163 e. The molecule has 0 atom stereocenters. The molecule has 0 N–H and O–H groups in total. The van der Waals surface area contributed by atoms with Crippen molar-refractivity contribution in [2.75, 3.05) is 0 Å². The first-order valence-corrected chi connectivity index (χ1v) is 7.41. The van der Waals surface area contributed by atoms with Crippen molar-refractivity contribution >= 4 is 11.8 Å². The van der Waals surface area contributed by atoms with Gasteiger partial charge in [-0.25, -0.2) is 8.78 Å². The molecule has 0 unspecified atom stereocenters. The van der Waals surface area contributed by atoms with E-state index in [4.69, 9.17) is 0 Å². The van der Waals surface area contributed by atoms with Crippen molar-refractivity contribution in [1.82, 2.24) is 0 Å². The Hall–Kier alpha value is -1.35. The third kappa shape index (κ3) is 2.81. The molecule has 1 aliphatic heterocycles. The summed E-state index contributed by atoms with van der Waals surface area (Å²) in [4.78, 5) is 1.16. The van der Waals surface area contributed by atoms with Gasteiger partial charge in [0.25, 0.3) is 0 Å². The highest BCUT2D eigenvalue weighted by Gasteiger charge is 2.18. The molecule has 100 valence electrons. The van der Waals surface area contributed by atoms with E-state index in [1.165, 1.54) is 11.6 Å². The summed E-state index contributed by atoms with van der Waals surface area (Å²) in [5.41, 5.74) is 2.58. The maximum absolute atomic E-state index is 13.7. The van der Waals surface area contributed by atoms with Crippen LogP contribution in [0.25, 0.3) is 0 Å². The summed E-state index contributed by atoms with van der Waals surface area (Å²) in [7, 11) is 0. The third-order valence-electron chi connectivity index (χ3n) is 3.02. The molecule has 3 rings (SSSR count). The number of rotatable bonds is 0. The minimum Gasteiger partial charge on any atom is -0.204 e. The molecule has 2 aromatic rings. The lowest BCUT2D eigenvalue weighted by Gasteiger charge is -2.06. The predicted molar refractivity (Wildman–Crippen MR) is 76.5 cm³/mol. The molecule has 0 saturated carbocycles. The molecular weight excluding hydrogens is 262 g/mol. The monoisotopic (exact) mass is 278 g/mol. The van der Waals surface area contributed by atoms with Crippen molar-refractivity contribution in [3.8, 4) is 0 Å². The van der Waals surface area contributed by atoms with Gasteiger partial charge in [-0.15, -0.1) is 11.8 Å². The van der Waals surface area contributed by atoms with Crippen LogP contribution < -0.4 is 0 Å². The fourth-order valence-corrected chi connectivity index (χ4v) is 3.21. The van der Waals surface area contributed by atoms with E-state index in [1.807, 2.05) is 38.1 Å². The van der Waals surface area contributed by atoms with E-state index in [0.717, 1.165) is 10.5 Å². The Morgan fingerprint density at radius 2 is 1.68 bits per heavy atom. The van der Waals surface area contributed by atoms with Crippen molar-refractivity contribution in [3.63, 3.8) is 0 Å². The lowest BCUT2D eigenvalue weighted by Crippen LogP contribution is -1.98. The van der Waals surface area contributed by atoms with Gasteiger partial charge in [0.15, 0.2) is 11.6 Å². The summed E-state index contributed by atoms with van der Waals surface area (Å²) >= 11 is 1.57. The van der Waals surface area contributed by atoms with E-state index < -0.39 is 11.6 Å². The Kier molecular flexibility index (Phi) is 4.59. The van der Waals surface area contributed by atoms with Crippen LogP contribution in [0.5, 0.6) is 0 Å². The first-order valence-electron chi connectivity index (χ1n) is 6.42. The van der Waals surface area contributed by atoms with Gasteiger partial charge in [-0.1, -0.05) is 38.1 Å². The van der Waals surface area contributed by atoms with Crippen LogP contribution in [-0.4, -0.2) is 0 Å². The molecule has 0 fully saturated rings. The highest BCUT2D eigenvalue weighted by molar-refractivity contribution is 7.98. The Labute approximate surface area is 116 Å². The molecule has 0 aromatic heterocycles. The third-order valence-corrected chi connectivity index (χ3v) is 4.16. The fraction of sp³-hybridized carbons (Fsp3) is 0.250. The van der Waals surface area contributed by atoms with Gasteiger partial charge in [-0.3, -0.25) is 0 Å². The van der Waals surface area contributed by atoms with Crippen LogP contribution in [0.3, 0.4) is 0 Å². The summed E-state index contributed by atoms with van der Waals surface area (Å²) in [6.45, 7) is 4.00. The molecule has 0 amide bonds. The van der Waals surface area contributed by atoms with E-state index in [1.54, 1.807) is 17.8 Å². The Morgan fingerprint density at radius 1 is 0.947 bits per heavy atom. The second-order valence-corrected chi connectivity index (χ2v) is 5.09. The van der Waals surface area contributed by atoms with Gasteiger partial charge in [-0.2, -0.15) is 0 Å². The van der Waals surface area contributed by atoms with Crippen LogP contribution in [0.2, 0.25) is 0 Å². The molecule has 2 aromatic carbocycles. The molecule has 0 radical (unpaired) electrons. The quantitative estimate of drug-likeness (QED) is 0.639. The van der Waals surface area contributed by atoms with Crippen molar-refractivity contribution in [2.45, 2.75) is 30.9 Å². The van der Waals surface area contributed by atoms with Crippen LogP contribution in [-0.2, 0) is 12.2 Å². The standard InChI is InChI=1S/C14H10F2S.C2H6/c15-12-6-5-9-7-10-3-1-2-4-13(10)17-8-11(9)14(12)16;1-2/h1-6H,7-8H2;1-2H3. The molecule has 1 aliphatic rings. The number of hydrogen-bond acceptors (Lipinski definition) is 1. The van der Waals surface area contributed by atoms with Crippen molar-refractivity contribution < 1.29 is 8.78 Å². The minimum absolute atomic E-state index is 0.496. The van der Waals surface area contributed by atoms with Gasteiger partial charge in [0.05, 0.1) is 0 Å². The molecule has 0 saturated heterocycles. The van der Waals surface area contributed by atoms with Crippen LogP contribution in [0.1, 0.15) is 30.5 Å². The zero-order chi connectivity index (χ0) is 13.8. The zero-order valence-electron chi connectivity index (χ0n) is 11.0. The smallest absolute Gasteiger partial charge is 0.163 e. The molecule has 19 heavy (non-hydrogen) atoms.